The molecule has 0 atom stereocenters. The largest absolute Gasteiger partial charge is 0.343 e. The van der Waals surface area contributed by atoms with Crippen LogP contribution in [0.3, 0.4) is 0 Å². The Labute approximate surface area is 147 Å². The zero-order chi connectivity index (χ0) is 17.1. The minimum atomic E-state index is 0.234. The van der Waals surface area contributed by atoms with Gasteiger partial charge in [0.25, 0.3) is 0 Å². The Morgan fingerprint density at radius 2 is 1.84 bits per heavy atom. The minimum Gasteiger partial charge on any atom is -0.343 e. The zero-order valence-corrected chi connectivity index (χ0v) is 14.2. The standard InChI is InChI=1S/C20H22N4O/c25-20(10-14-24-15-22-18-6-1-2-7-19(18)24)23-12-8-16(9-13-23)17-5-3-4-11-21-17/h1-7,11,15-16H,8-10,12-14H2. The molecule has 4 rings (SSSR count). The van der Waals surface area contributed by atoms with Crippen LogP contribution in [0.1, 0.15) is 30.9 Å². The third kappa shape index (κ3) is 3.40. The van der Waals surface area contributed by atoms with Crippen molar-refractivity contribution in [2.24, 2.45) is 0 Å². The molecule has 1 amide bonds. The van der Waals surface area contributed by atoms with Crippen LogP contribution < -0.4 is 0 Å². The van der Waals surface area contributed by atoms with Crippen molar-refractivity contribution in [2.45, 2.75) is 31.7 Å². The molecular weight excluding hydrogens is 312 g/mol. The molecule has 0 N–H and O–H groups in total. The molecule has 0 spiro atoms. The first-order valence-electron chi connectivity index (χ1n) is 8.90. The van der Waals surface area contributed by atoms with Gasteiger partial charge in [-0.25, -0.2) is 4.98 Å². The van der Waals surface area contributed by atoms with Crippen molar-refractivity contribution in [3.05, 3.63) is 60.7 Å². The number of amides is 1. The van der Waals surface area contributed by atoms with Crippen molar-refractivity contribution in [1.82, 2.24) is 19.4 Å². The smallest absolute Gasteiger partial charge is 0.224 e. The Bertz CT molecular complexity index is 850. The number of fused-ring (bicyclic) bond motifs is 1. The molecule has 0 unspecified atom stereocenters. The van der Waals surface area contributed by atoms with E-state index < -0.39 is 0 Å². The van der Waals surface area contributed by atoms with E-state index in [4.69, 9.17) is 0 Å². The van der Waals surface area contributed by atoms with Gasteiger partial charge in [0.05, 0.1) is 17.4 Å². The molecule has 0 saturated carbocycles. The molecule has 5 heteroatoms. The van der Waals surface area contributed by atoms with Crippen LogP contribution in [-0.4, -0.2) is 38.4 Å². The van der Waals surface area contributed by atoms with Crippen LogP contribution in [0.4, 0.5) is 0 Å². The monoisotopic (exact) mass is 334 g/mol. The molecule has 1 fully saturated rings. The van der Waals surface area contributed by atoms with Crippen molar-refractivity contribution >= 4 is 16.9 Å². The van der Waals surface area contributed by atoms with E-state index >= 15 is 0 Å². The normalized spacial score (nSPS) is 15.6. The average Bonchev–Trinajstić information content (AvgIpc) is 3.10. The van der Waals surface area contributed by atoms with Gasteiger partial charge in [0.15, 0.2) is 0 Å². The second-order valence-corrected chi connectivity index (χ2v) is 6.59. The maximum Gasteiger partial charge on any atom is 0.224 e. The summed E-state index contributed by atoms with van der Waals surface area (Å²) in [4.78, 5) is 23.4. The number of hydrogen-bond acceptors (Lipinski definition) is 3. The molecule has 1 aliphatic rings. The minimum absolute atomic E-state index is 0.234. The second-order valence-electron chi connectivity index (χ2n) is 6.59. The van der Waals surface area contributed by atoms with Gasteiger partial charge >= 0.3 is 0 Å². The summed E-state index contributed by atoms with van der Waals surface area (Å²) >= 11 is 0. The van der Waals surface area contributed by atoms with Crippen LogP contribution in [0.15, 0.2) is 55.0 Å². The van der Waals surface area contributed by atoms with E-state index in [1.807, 2.05) is 53.8 Å². The first-order chi connectivity index (χ1) is 12.3. The molecule has 3 heterocycles. The molecule has 1 saturated heterocycles. The summed E-state index contributed by atoms with van der Waals surface area (Å²) in [6.07, 6.45) is 6.19. The topological polar surface area (TPSA) is 51.0 Å². The molecule has 2 aromatic heterocycles. The van der Waals surface area contributed by atoms with Gasteiger partial charge in [-0.15, -0.1) is 0 Å². The molecule has 0 aliphatic carbocycles. The van der Waals surface area contributed by atoms with Gasteiger partial charge < -0.3 is 9.47 Å². The van der Waals surface area contributed by atoms with Gasteiger partial charge in [-0.1, -0.05) is 18.2 Å². The Morgan fingerprint density at radius 3 is 2.64 bits per heavy atom. The van der Waals surface area contributed by atoms with Gasteiger partial charge in [0, 0.05) is 43.9 Å². The van der Waals surface area contributed by atoms with Gasteiger partial charge in [-0.05, 0) is 37.1 Å². The lowest BCUT2D eigenvalue weighted by Crippen LogP contribution is -2.38. The van der Waals surface area contributed by atoms with Crippen molar-refractivity contribution in [1.29, 1.82) is 0 Å². The van der Waals surface area contributed by atoms with E-state index in [1.54, 1.807) is 0 Å². The van der Waals surface area contributed by atoms with Gasteiger partial charge in [-0.3, -0.25) is 9.78 Å². The van der Waals surface area contributed by atoms with E-state index in [1.165, 1.54) is 0 Å². The number of rotatable bonds is 4. The van der Waals surface area contributed by atoms with Crippen LogP contribution >= 0.6 is 0 Å². The summed E-state index contributed by atoms with van der Waals surface area (Å²) in [6, 6.07) is 14.1. The van der Waals surface area contributed by atoms with Crippen molar-refractivity contribution in [3.8, 4) is 0 Å². The van der Waals surface area contributed by atoms with E-state index in [0.29, 0.717) is 18.9 Å². The quantitative estimate of drug-likeness (QED) is 0.736. The van der Waals surface area contributed by atoms with E-state index in [2.05, 4.69) is 20.6 Å². The number of carbonyl (C=O) groups excluding carboxylic acids is 1. The molecule has 1 aliphatic heterocycles. The zero-order valence-electron chi connectivity index (χ0n) is 14.2. The van der Waals surface area contributed by atoms with Crippen LogP contribution in [-0.2, 0) is 11.3 Å². The van der Waals surface area contributed by atoms with Crippen molar-refractivity contribution < 1.29 is 4.79 Å². The molecule has 128 valence electrons. The number of para-hydroxylation sites is 2. The predicted molar refractivity (Wildman–Crippen MR) is 97.1 cm³/mol. The second kappa shape index (κ2) is 7.05. The van der Waals surface area contributed by atoms with E-state index in [-0.39, 0.29) is 5.91 Å². The summed E-state index contributed by atoms with van der Waals surface area (Å²) in [7, 11) is 0. The maximum atomic E-state index is 12.5. The first kappa shape index (κ1) is 15.8. The highest BCUT2D eigenvalue weighted by Gasteiger charge is 2.24. The van der Waals surface area contributed by atoms with Gasteiger partial charge in [0.2, 0.25) is 5.91 Å². The first-order valence-corrected chi connectivity index (χ1v) is 8.90. The van der Waals surface area contributed by atoms with Crippen LogP contribution in [0.25, 0.3) is 11.0 Å². The third-order valence-electron chi connectivity index (χ3n) is 5.05. The van der Waals surface area contributed by atoms with Crippen LogP contribution in [0.2, 0.25) is 0 Å². The fourth-order valence-electron chi connectivity index (χ4n) is 3.60. The van der Waals surface area contributed by atoms with Crippen molar-refractivity contribution in [2.75, 3.05) is 13.1 Å². The Balaban J connectivity index is 1.32. The van der Waals surface area contributed by atoms with E-state index in [9.17, 15) is 4.79 Å². The molecular formula is C20H22N4O. The number of aryl methyl sites for hydroxylation is 1. The molecule has 1 aromatic carbocycles. The SMILES string of the molecule is O=C(CCn1cnc2ccccc21)N1CCC(c2ccccn2)CC1. The number of benzene rings is 1. The van der Waals surface area contributed by atoms with Gasteiger partial charge in [0.1, 0.15) is 0 Å². The summed E-state index contributed by atoms with van der Waals surface area (Å²) in [6.45, 7) is 2.33. The Kier molecular flexibility index (Phi) is 4.46. The van der Waals surface area contributed by atoms with Crippen molar-refractivity contribution in [3.63, 3.8) is 0 Å². The number of piperidine rings is 1. The van der Waals surface area contributed by atoms with Gasteiger partial charge in [-0.2, -0.15) is 0 Å². The van der Waals surface area contributed by atoms with Crippen LogP contribution in [0, 0.1) is 0 Å². The lowest BCUT2D eigenvalue weighted by molar-refractivity contribution is -0.132. The molecule has 0 radical (unpaired) electrons. The number of carbonyl (C=O) groups is 1. The third-order valence-corrected chi connectivity index (χ3v) is 5.05. The highest BCUT2D eigenvalue weighted by Crippen LogP contribution is 2.26. The highest BCUT2D eigenvalue weighted by molar-refractivity contribution is 5.77. The summed E-state index contributed by atoms with van der Waals surface area (Å²) in [5, 5.41) is 0. The number of likely N-dealkylation sites (tertiary alicyclic amines) is 1. The number of hydrogen-bond donors (Lipinski definition) is 0. The summed E-state index contributed by atoms with van der Waals surface area (Å²) in [5.74, 6) is 0.708. The molecule has 3 aromatic rings. The van der Waals surface area contributed by atoms with Crippen LogP contribution in [0.5, 0.6) is 0 Å². The lowest BCUT2D eigenvalue weighted by atomic mass is 9.93. The lowest BCUT2D eigenvalue weighted by Gasteiger charge is -2.31. The Morgan fingerprint density at radius 1 is 1.04 bits per heavy atom. The molecule has 25 heavy (non-hydrogen) atoms. The fourth-order valence-corrected chi connectivity index (χ4v) is 3.60. The predicted octanol–water partition coefficient (Wildman–Crippen LogP) is 3.23. The molecule has 5 nitrogen and oxygen atoms in total. The highest BCUT2D eigenvalue weighted by atomic mass is 16.2. The summed E-state index contributed by atoms with van der Waals surface area (Å²) in [5.41, 5.74) is 3.22. The maximum absolute atomic E-state index is 12.5. The summed E-state index contributed by atoms with van der Waals surface area (Å²) < 4.78 is 2.06. The number of pyridine rings is 1. The fraction of sp³-hybridized carbons (Fsp3) is 0.350. The number of aromatic nitrogens is 3. The average molecular weight is 334 g/mol. The Hall–Kier alpha value is -2.69. The number of nitrogens with zero attached hydrogens (tertiary/aromatic N) is 4. The molecule has 0 bridgehead atoms. The number of imidazole rings is 1. The van der Waals surface area contributed by atoms with E-state index in [0.717, 1.165) is 42.7 Å².